The number of sulfonamides is 1. The molecular formula is C11H20N2O2S2. The molecule has 0 aliphatic rings. The molecule has 0 unspecified atom stereocenters. The van der Waals surface area contributed by atoms with Crippen molar-refractivity contribution in [3.63, 3.8) is 0 Å². The van der Waals surface area contributed by atoms with Crippen molar-refractivity contribution in [2.75, 3.05) is 7.05 Å². The number of hydrogen-bond acceptors (Lipinski definition) is 4. The maximum Gasteiger partial charge on any atom is 0.250 e. The molecule has 0 radical (unpaired) electrons. The fourth-order valence-electron chi connectivity index (χ4n) is 1.26. The van der Waals surface area contributed by atoms with Crippen LogP contribution in [0.15, 0.2) is 16.3 Å². The Morgan fingerprint density at radius 2 is 2.00 bits per heavy atom. The lowest BCUT2D eigenvalue weighted by Gasteiger charge is -2.23. The van der Waals surface area contributed by atoms with Gasteiger partial charge < -0.3 is 5.32 Å². The second kappa shape index (κ2) is 5.48. The lowest BCUT2D eigenvalue weighted by Crippen LogP contribution is -2.42. The van der Waals surface area contributed by atoms with Gasteiger partial charge in [0.1, 0.15) is 4.21 Å². The van der Waals surface area contributed by atoms with Gasteiger partial charge in [-0.05, 0) is 39.4 Å². The van der Waals surface area contributed by atoms with Gasteiger partial charge in [-0.3, -0.25) is 0 Å². The Bertz CT molecular complexity index is 464. The summed E-state index contributed by atoms with van der Waals surface area (Å²) in [5.74, 6) is 0. The van der Waals surface area contributed by atoms with Gasteiger partial charge in [-0.2, -0.15) is 0 Å². The number of nitrogens with one attached hydrogen (secondary N) is 2. The summed E-state index contributed by atoms with van der Waals surface area (Å²) in [6, 6.07) is 3.50. The first-order valence-electron chi connectivity index (χ1n) is 5.58. The van der Waals surface area contributed by atoms with Crippen LogP contribution in [0.5, 0.6) is 0 Å². The van der Waals surface area contributed by atoms with Crippen molar-refractivity contribution in [1.82, 2.24) is 10.0 Å². The van der Waals surface area contributed by atoms with E-state index in [1.54, 1.807) is 6.07 Å². The van der Waals surface area contributed by atoms with Crippen LogP contribution in [-0.2, 0) is 16.6 Å². The molecule has 0 aliphatic heterocycles. The van der Waals surface area contributed by atoms with E-state index in [-0.39, 0.29) is 0 Å². The molecule has 1 aromatic heterocycles. The highest BCUT2D eigenvalue weighted by molar-refractivity contribution is 7.91. The molecule has 0 aliphatic carbocycles. The van der Waals surface area contributed by atoms with E-state index in [0.29, 0.717) is 10.8 Å². The summed E-state index contributed by atoms with van der Waals surface area (Å²) in [7, 11) is -1.55. The van der Waals surface area contributed by atoms with Crippen molar-refractivity contribution in [1.29, 1.82) is 0 Å². The largest absolute Gasteiger partial charge is 0.315 e. The first-order chi connectivity index (χ1) is 7.80. The summed E-state index contributed by atoms with van der Waals surface area (Å²) >= 11 is 1.30. The predicted molar refractivity (Wildman–Crippen MR) is 71.8 cm³/mol. The van der Waals surface area contributed by atoms with E-state index < -0.39 is 15.6 Å². The molecule has 2 N–H and O–H groups in total. The summed E-state index contributed by atoms with van der Waals surface area (Å²) in [5.41, 5.74) is -0.411. The summed E-state index contributed by atoms with van der Waals surface area (Å²) in [6.45, 7) is 6.42. The normalized spacial score (nSPS) is 12.9. The van der Waals surface area contributed by atoms with Gasteiger partial charge in [0.05, 0.1) is 0 Å². The zero-order valence-electron chi connectivity index (χ0n) is 10.7. The van der Waals surface area contributed by atoms with Gasteiger partial charge >= 0.3 is 0 Å². The van der Waals surface area contributed by atoms with Crippen LogP contribution in [0.4, 0.5) is 0 Å². The smallest absolute Gasteiger partial charge is 0.250 e. The average molecular weight is 276 g/mol. The minimum absolute atomic E-state index is 0.379. The molecular weight excluding hydrogens is 256 g/mol. The van der Waals surface area contributed by atoms with E-state index in [1.807, 2.05) is 33.9 Å². The van der Waals surface area contributed by atoms with Crippen molar-refractivity contribution in [3.05, 3.63) is 17.0 Å². The molecule has 6 heteroatoms. The lowest BCUT2D eigenvalue weighted by molar-refractivity contribution is 0.440. The monoisotopic (exact) mass is 276 g/mol. The van der Waals surface area contributed by atoms with Crippen LogP contribution >= 0.6 is 11.3 Å². The molecule has 1 aromatic rings. The van der Waals surface area contributed by atoms with Crippen LogP contribution in [0.2, 0.25) is 0 Å². The Kier molecular flexibility index (Phi) is 4.71. The molecule has 1 heterocycles. The molecule has 1 rings (SSSR count). The molecule has 0 aromatic carbocycles. The van der Waals surface area contributed by atoms with E-state index in [4.69, 9.17) is 0 Å². The van der Waals surface area contributed by atoms with Gasteiger partial charge in [-0.1, -0.05) is 6.92 Å². The summed E-state index contributed by atoms with van der Waals surface area (Å²) < 4.78 is 27.3. The second-order valence-electron chi connectivity index (χ2n) is 4.59. The van der Waals surface area contributed by atoms with Crippen molar-refractivity contribution in [2.45, 2.75) is 43.5 Å². The molecule has 0 atom stereocenters. The summed E-state index contributed by atoms with van der Waals surface area (Å²) in [4.78, 5) is 1.02. The highest BCUT2D eigenvalue weighted by Crippen LogP contribution is 2.23. The number of thiophene rings is 1. The highest BCUT2D eigenvalue weighted by Gasteiger charge is 2.25. The zero-order chi connectivity index (χ0) is 13.1. The van der Waals surface area contributed by atoms with Gasteiger partial charge in [0.15, 0.2) is 0 Å². The van der Waals surface area contributed by atoms with E-state index in [1.165, 1.54) is 11.3 Å². The van der Waals surface area contributed by atoms with Crippen LogP contribution in [0.3, 0.4) is 0 Å². The van der Waals surface area contributed by atoms with E-state index >= 15 is 0 Å². The Morgan fingerprint density at radius 3 is 2.53 bits per heavy atom. The summed E-state index contributed by atoms with van der Waals surface area (Å²) in [5, 5.41) is 3.00. The van der Waals surface area contributed by atoms with Crippen LogP contribution in [0.1, 0.15) is 32.1 Å². The minimum Gasteiger partial charge on any atom is -0.315 e. The fraction of sp³-hybridized carbons (Fsp3) is 0.636. The molecule has 0 fully saturated rings. The third-order valence-corrected chi connectivity index (χ3v) is 5.82. The molecule has 0 spiro atoms. The maximum atomic E-state index is 12.1. The van der Waals surface area contributed by atoms with Crippen LogP contribution in [0.25, 0.3) is 0 Å². The zero-order valence-corrected chi connectivity index (χ0v) is 12.3. The molecule has 0 bridgehead atoms. The highest BCUT2D eigenvalue weighted by atomic mass is 32.2. The Morgan fingerprint density at radius 1 is 1.35 bits per heavy atom. The lowest BCUT2D eigenvalue weighted by atomic mass is 10.0. The van der Waals surface area contributed by atoms with Gasteiger partial charge in [0.25, 0.3) is 10.0 Å². The standard InChI is InChI=1S/C11H20N2O2S2/c1-5-11(2,3)13-17(14,15)10-7-6-9(16-10)8-12-4/h6-7,12-13H,5,8H2,1-4H3. The van der Waals surface area contributed by atoms with Crippen molar-refractivity contribution in [3.8, 4) is 0 Å². The van der Waals surface area contributed by atoms with Crippen LogP contribution in [0, 0.1) is 0 Å². The minimum atomic E-state index is -3.39. The van der Waals surface area contributed by atoms with Crippen molar-refractivity contribution >= 4 is 21.4 Å². The summed E-state index contributed by atoms with van der Waals surface area (Å²) in [6.07, 6.45) is 0.751. The van der Waals surface area contributed by atoms with E-state index in [2.05, 4.69) is 10.0 Å². The van der Waals surface area contributed by atoms with Gasteiger partial charge in [-0.25, -0.2) is 13.1 Å². The molecule has 0 amide bonds. The fourth-order valence-corrected chi connectivity index (χ4v) is 4.11. The second-order valence-corrected chi connectivity index (χ2v) is 7.67. The average Bonchev–Trinajstić information content (AvgIpc) is 2.66. The molecule has 17 heavy (non-hydrogen) atoms. The Hall–Kier alpha value is -0.430. The van der Waals surface area contributed by atoms with Crippen LogP contribution in [-0.4, -0.2) is 21.0 Å². The molecule has 0 saturated heterocycles. The molecule has 0 saturated carbocycles. The van der Waals surface area contributed by atoms with Crippen LogP contribution < -0.4 is 10.0 Å². The van der Waals surface area contributed by atoms with Gasteiger partial charge in [0, 0.05) is 17.0 Å². The van der Waals surface area contributed by atoms with Gasteiger partial charge in [-0.15, -0.1) is 11.3 Å². The Labute approximate surface area is 107 Å². The quantitative estimate of drug-likeness (QED) is 0.835. The molecule has 4 nitrogen and oxygen atoms in total. The first-order valence-corrected chi connectivity index (χ1v) is 7.88. The number of hydrogen-bond donors (Lipinski definition) is 2. The van der Waals surface area contributed by atoms with E-state index in [9.17, 15) is 8.42 Å². The number of rotatable bonds is 6. The molecule has 98 valence electrons. The van der Waals surface area contributed by atoms with E-state index in [0.717, 1.165) is 11.3 Å². The topological polar surface area (TPSA) is 58.2 Å². The third kappa shape index (κ3) is 4.06. The predicted octanol–water partition coefficient (Wildman–Crippen LogP) is 1.93. The van der Waals surface area contributed by atoms with Crippen molar-refractivity contribution in [2.24, 2.45) is 0 Å². The SMILES string of the molecule is CCC(C)(C)NS(=O)(=O)c1ccc(CNC)s1. The van der Waals surface area contributed by atoms with Gasteiger partial charge in [0.2, 0.25) is 0 Å². The first kappa shape index (κ1) is 14.6. The third-order valence-electron chi connectivity index (χ3n) is 2.55. The maximum absolute atomic E-state index is 12.1. The Balaban J connectivity index is 2.89. The van der Waals surface area contributed by atoms with Crippen molar-refractivity contribution < 1.29 is 8.42 Å².